The summed E-state index contributed by atoms with van der Waals surface area (Å²) in [7, 11) is 0. The Morgan fingerprint density at radius 2 is 2.15 bits per heavy atom. The second-order valence-corrected chi connectivity index (χ2v) is 4.84. The summed E-state index contributed by atoms with van der Waals surface area (Å²) >= 11 is 0. The van der Waals surface area contributed by atoms with Crippen LogP contribution in [0.2, 0.25) is 0 Å². The highest BCUT2D eigenvalue weighted by atomic mass is 16.4. The van der Waals surface area contributed by atoms with E-state index in [1.807, 2.05) is 24.3 Å². The molecule has 0 spiro atoms. The summed E-state index contributed by atoms with van der Waals surface area (Å²) in [5.41, 5.74) is 2.10. The number of aliphatic hydroxyl groups is 1. The SMILES string of the molecule is O=C(CC1CNc2ccccc21)N[C@H](CCO)C(=O)O. The van der Waals surface area contributed by atoms with Crippen LogP contribution in [0.25, 0.3) is 0 Å². The van der Waals surface area contributed by atoms with Crippen molar-refractivity contribution in [1.29, 1.82) is 0 Å². The predicted molar refractivity (Wildman–Crippen MR) is 73.6 cm³/mol. The van der Waals surface area contributed by atoms with Gasteiger partial charge in [-0.1, -0.05) is 18.2 Å². The van der Waals surface area contributed by atoms with Gasteiger partial charge in [0.25, 0.3) is 0 Å². The van der Waals surface area contributed by atoms with Crippen molar-refractivity contribution in [2.75, 3.05) is 18.5 Å². The van der Waals surface area contributed by atoms with Crippen molar-refractivity contribution < 1.29 is 19.8 Å². The van der Waals surface area contributed by atoms with Crippen molar-refractivity contribution in [3.8, 4) is 0 Å². The van der Waals surface area contributed by atoms with Crippen LogP contribution in [0.3, 0.4) is 0 Å². The van der Waals surface area contributed by atoms with E-state index in [1.54, 1.807) is 0 Å². The average Bonchev–Trinajstić information content (AvgIpc) is 2.81. The Morgan fingerprint density at radius 1 is 1.40 bits per heavy atom. The number of rotatable bonds is 6. The maximum absolute atomic E-state index is 11.9. The van der Waals surface area contributed by atoms with Gasteiger partial charge < -0.3 is 20.8 Å². The third-order valence-electron chi connectivity index (χ3n) is 3.42. The molecule has 0 aliphatic carbocycles. The maximum atomic E-state index is 11.9. The first-order valence-electron chi connectivity index (χ1n) is 6.57. The van der Waals surface area contributed by atoms with Crippen LogP contribution in [0.15, 0.2) is 24.3 Å². The number of carboxylic acid groups (broad SMARTS) is 1. The molecule has 0 saturated heterocycles. The number of carboxylic acids is 1. The van der Waals surface area contributed by atoms with Crippen LogP contribution in [-0.4, -0.2) is 41.3 Å². The Balaban J connectivity index is 1.94. The number of carbonyl (C=O) groups excluding carboxylic acids is 1. The predicted octanol–water partition coefficient (Wildman–Crippen LogP) is 0.538. The van der Waals surface area contributed by atoms with Gasteiger partial charge in [-0.3, -0.25) is 4.79 Å². The second kappa shape index (κ2) is 6.38. The van der Waals surface area contributed by atoms with E-state index in [1.165, 1.54) is 0 Å². The molecule has 6 heteroatoms. The van der Waals surface area contributed by atoms with Crippen molar-refractivity contribution in [1.82, 2.24) is 5.32 Å². The third kappa shape index (κ3) is 3.27. The monoisotopic (exact) mass is 278 g/mol. The molecule has 2 rings (SSSR count). The summed E-state index contributed by atoms with van der Waals surface area (Å²) in [4.78, 5) is 22.8. The number of anilines is 1. The molecule has 0 saturated carbocycles. The Hall–Kier alpha value is -2.08. The van der Waals surface area contributed by atoms with E-state index >= 15 is 0 Å². The molecule has 0 bridgehead atoms. The Kier molecular flexibility index (Phi) is 4.57. The number of para-hydroxylation sites is 1. The molecule has 1 aliphatic rings. The molecule has 2 atom stereocenters. The first-order chi connectivity index (χ1) is 9.61. The van der Waals surface area contributed by atoms with Crippen LogP contribution in [0.4, 0.5) is 5.69 Å². The van der Waals surface area contributed by atoms with Crippen molar-refractivity contribution in [3.05, 3.63) is 29.8 Å². The summed E-state index contributed by atoms with van der Waals surface area (Å²) in [5, 5.41) is 23.4. The molecule has 0 fully saturated rings. The first-order valence-corrected chi connectivity index (χ1v) is 6.57. The average molecular weight is 278 g/mol. The van der Waals surface area contributed by atoms with Crippen LogP contribution < -0.4 is 10.6 Å². The van der Waals surface area contributed by atoms with Gasteiger partial charge in [-0.05, 0) is 11.6 Å². The number of hydrogen-bond donors (Lipinski definition) is 4. The highest BCUT2D eigenvalue weighted by Gasteiger charge is 2.26. The molecular weight excluding hydrogens is 260 g/mol. The van der Waals surface area contributed by atoms with Crippen molar-refractivity contribution in [2.24, 2.45) is 0 Å². The van der Waals surface area contributed by atoms with E-state index < -0.39 is 12.0 Å². The largest absolute Gasteiger partial charge is 0.480 e. The Bertz CT molecular complexity index is 504. The van der Waals surface area contributed by atoms with Crippen LogP contribution >= 0.6 is 0 Å². The van der Waals surface area contributed by atoms with Gasteiger partial charge in [-0.25, -0.2) is 4.79 Å². The lowest BCUT2D eigenvalue weighted by Gasteiger charge is -2.15. The highest BCUT2D eigenvalue weighted by Crippen LogP contribution is 2.32. The maximum Gasteiger partial charge on any atom is 0.326 e. The van der Waals surface area contributed by atoms with Gasteiger partial charge in [-0.2, -0.15) is 0 Å². The fourth-order valence-electron chi connectivity index (χ4n) is 2.40. The third-order valence-corrected chi connectivity index (χ3v) is 3.42. The molecule has 1 aliphatic heterocycles. The quantitative estimate of drug-likeness (QED) is 0.608. The van der Waals surface area contributed by atoms with Crippen LogP contribution in [0.5, 0.6) is 0 Å². The Morgan fingerprint density at radius 3 is 2.85 bits per heavy atom. The second-order valence-electron chi connectivity index (χ2n) is 4.84. The zero-order chi connectivity index (χ0) is 14.5. The Labute approximate surface area is 116 Å². The molecule has 108 valence electrons. The molecule has 1 unspecified atom stereocenters. The molecule has 6 nitrogen and oxygen atoms in total. The zero-order valence-electron chi connectivity index (χ0n) is 11.0. The van der Waals surface area contributed by atoms with Gasteiger partial charge in [0.1, 0.15) is 6.04 Å². The topological polar surface area (TPSA) is 98.7 Å². The summed E-state index contributed by atoms with van der Waals surface area (Å²) in [6, 6.07) is 6.74. The number of fused-ring (bicyclic) bond motifs is 1. The number of aliphatic carboxylic acids is 1. The molecule has 1 aromatic carbocycles. The molecule has 1 amide bonds. The minimum Gasteiger partial charge on any atom is -0.480 e. The minimum absolute atomic E-state index is 0.0145. The number of carbonyl (C=O) groups is 2. The number of nitrogens with one attached hydrogen (secondary N) is 2. The molecule has 0 aromatic heterocycles. The van der Waals surface area contributed by atoms with Crippen LogP contribution in [-0.2, 0) is 9.59 Å². The van der Waals surface area contributed by atoms with Gasteiger partial charge in [0.2, 0.25) is 5.91 Å². The zero-order valence-corrected chi connectivity index (χ0v) is 11.0. The fraction of sp³-hybridized carbons (Fsp3) is 0.429. The standard InChI is InChI=1S/C14H18N2O4/c17-6-5-12(14(19)20)16-13(18)7-9-8-15-11-4-2-1-3-10(9)11/h1-4,9,12,15,17H,5-8H2,(H,16,18)(H,19,20)/t9?,12-/m1/s1. The summed E-state index contributed by atoms with van der Waals surface area (Å²) in [6.45, 7) is 0.398. The normalized spacial score (nSPS) is 17.9. The van der Waals surface area contributed by atoms with Gasteiger partial charge in [-0.15, -0.1) is 0 Å². The lowest BCUT2D eigenvalue weighted by molar-refractivity contribution is -0.142. The first kappa shape index (κ1) is 14.3. The van der Waals surface area contributed by atoms with E-state index in [2.05, 4.69) is 10.6 Å². The van der Waals surface area contributed by atoms with Gasteiger partial charge in [0.05, 0.1) is 0 Å². The highest BCUT2D eigenvalue weighted by molar-refractivity contribution is 5.84. The van der Waals surface area contributed by atoms with E-state index in [0.29, 0.717) is 6.54 Å². The van der Waals surface area contributed by atoms with E-state index in [9.17, 15) is 9.59 Å². The van der Waals surface area contributed by atoms with Gasteiger partial charge in [0.15, 0.2) is 0 Å². The molecule has 4 N–H and O–H groups in total. The smallest absolute Gasteiger partial charge is 0.326 e. The van der Waals surface area contributed by atoms with Crippen LogP contribution in [0.1, 0.15) is 24.3 Å². The molecule has 1 aromatic rings. The number of hydrogen-bond acceptors (Lipinski definition) is 4. The van der Waals surface area contributed by atoms with Crippen molar-refractivity contribution in [2.45, 2.75) is 24.8 Å². The lowest BCUT2D eigenvalue weighted by atomic mass is 9.97. The van der Waals surface area contributed by atoms with E-state index in [-0.39, 0.29) is 31.3 Å². The summed E-state index contributed by atoms with van der Waals surface area (Å²) < 4.78 is 0. The van der Waals surface area contributed by atoms with Gasteiger partial charge in [0, 0.05) is 37.6 Å². The number of aliphatic hydroxyl groups excluding tert-OH is 1. The molecule has 20 heavy (non-hydrogen) atoms. The lowest BCUT2D eigenvalue weighted by Crippen LogP contribution is -2.41. The summed E-state index contributed by atoms with van der Waals surface area (Å²) in [5.74, 6) is -1.39. The van der Waals surface area contributed by atoms with E-state index in [4.69, 9.17) is 10.2 Å². The van der Waals surface area contributed by atoms with Gasteiger partial charge >= 0.3 is 5.97 Å². The van der Waals surface area contributed by atoms with Crippen molar-refractivity contribution in [3.63, 3.8) is 0 Å². The van der Waals surface area contributed by atoms with E-state index in [0.717, 1.165) is 11.3 Å². The molecular formula is C14H18N2O4. The van der Waals surface area contributed by atoms with Crippen LogP contribution in [0, 0.1) is 0 Å². The molecule has 1 heterocycles. The number of benzene rings is 1. The summed E-state index contributed by atoms with van der Waals surface area (Å²) in [6.07, 6.45) is 0.250. The number of amides is 1. The fourth-order valence-corrected chi connectivity index (χ4v) is 2.40. The van der Waals surface area contributed by atoms with Crippen molar-refractivity contribution >= 4 is 17.6 Å². The minimum atomic E-state index is -1.13. The molecule has 0 radical (unpaired) electrons.